The zero-order valence-electron chi connectivity index (χ0n) is 10.1. The van der Waals surface area contributed by atoms with Crippen LogP contribution < -0.4 is 16.4 Å². The van der Waals surface area contributed by atoms with Crippen LogP contribution in [0.2, 0.25) is 0 Å². The van der Waals surface area contributed by atoms with Gasteiger partial charge in [-0.25, -0.2) is 0 Å². The van der Waals surface area contributed by atoms with E-state index in [2.05, 4.69) is 16.7 Å². The Kier molecular flexibility index (Phi) is 3.94. The smallest absolute Gasteiger partial charge is 0.237 e. The number of benzene rings is 1. The Hall–Kier alpha value is -1.88. The van der Waals surface area contributed by atoms with Crippen molar-refractivity contribution in [2.24, 2.45) is 5.73 Å². The first-order valence-corrected chi connectivity index (χ1v) is 6.03. The fourth-order valence-corrected chi connectivity index (χ4v) is 2.07. The Balaban J connectivity index is 1.88. The molecule has 0 radical (unpaired) electrons. The van der Waals surface area contributed by atoms with E-state index in [9.17, 15) is 9.59 Å². The Morgan fingerprint density at radius 1 is 1.33 bits per heavy atom. The third kappa shape index (κ3) is 3.07. The number of amides is 2. The lowest BCUT2D eigenvalue weighted by Gasteiger charge is -2.25. The molecule has 2 amide bonds. The van der Waals surface area contributed by atoms with Crippen LogP contribution in [0.15, 0.2) is 24.3 Å². The summed E-state index contributed by atoms with van der Waals surface area (Å²) in [5.41, 5.74) is 7.45. The predicted octanol–water partition coefficient (Wildman–Crippen LogP) is -0.307. The van der Waals surface area contributed by atoms with E-state index in [1.54, 1.807) is 0 Å². The fourth-order valence-electron chi connectivity index (χ4n) is 2.07. The number of primary amides is 1. The van der Waals surface area contributed by atoms with Crippen molar-refractivity contribution in [3.05, 3.63) is 35.4 Å². The largest absolute Gasteiger partial charge is 0.370 e. The van der Waals surface area contributed by atoms with Crippen molar-refractivity contribution < 1.29 is 9.59 Å². The first kappa shape index (κ1) is 12.6. The van der Waals surface area contributed by atoms with Gasteiger partial charge in [-0.1, -0.05) is 24.3 Å². The summed E-state index contributed by atoms with van der Waals surface area (Å²) in [5.74, 6) is -0.483. The molecule has 0 saturated heterocycles. The molecule has 1 heterocycles. The lowest BCUT2D eigenvalue weighted by molar-refractivity contribution is -0.123. The average molecular weight is 247 g/mol. The topological polar surface area (TPSA) is 84.2 Å². The number of fused-ring (bicyclic) bond motifs is 1. The van der Waals surface area contributed by atoms with Crippen molar-refractivity contribution in [3.8, 4) is 0 Å². The first-order chi connectivity index (χ1) is 8.66. The standard InChI is InChI=1S/C13H17N3O2/c14-12(17)5-6-15-13(18)11-7-9-3-1-2-4-10(9)8-16-11/h1-4,11,16H,5-8H2,(H2,14,17)(H,15,18). The monoisotopic (exact) mass is 247 g/mol. The second kappa shape index (κ2) is 5.64. The van der Waals surface area contributed by atoms with Crippen molar-refractivity contribution in [2.45, 2.75) is 25.4 Å². The van der Waals surface area contributed by atoms with Crippen LogP contribution in [-0.2, 0) is 22.6 Å². The van der Waals surface area contributed by atoms with E-state index in [1.807, 2.05) is 18.2 Å². The molecule has 0 bridgehead atoms. The van der Waals surface area contributed by atoms with Gasteiger partial charge in [-0.3, -0.25) is 9.59 Å². The first-order valence-electron chi connectivity index (χ1n) is 6.03. The van der Waals surface area contributed by atoms with Crippen LogP contribution in [0.4, 0.5) is 0 Å². The van der Waals surface area contributed by atoms with E-state index in [4.69, 9.17) is 5.73 Å². The lowest BCUT2D eigenvalue weighted by Crippen LogP contribution is -2.48. The minimum Gasteiger partial charge on any atom is -0.370 e. The zero-order valence-corrected chi connectivity index (χ0v) is 10.1. The third-order valence-corrected chi connectivity index (χ3v) is 3.07. The highest BCUT2D eigenvalue weighted by Crippen LogP contribution is 2.16. The quantitative estimate of drug-likeness (QED) is 0.682. The summed E-state index contributed by atoms with van der Waals surface area (Å²) in [5, 5.41) is 5.90. The second-order valence-corrected chi connectivity index (χ2v) is 4.41. The molecule has 1 aliphatic heterocycles. The normalized spacial score (nSPS) is 17.9. The number of nitrogens with two attached hydrogens (primary N) is 1. The van der Waals surface area contributed by atoms with Crippen molar-refractivity contribution in [3.63, 3.8) is 0 Å². The van der Waals surface area contributed by atoms with Gasteiger partial charge in [-0.05, 0) is 17.5 Å². The third-order valence-electron chi connectivity index (χ3n) is 3.07. The molecule has 1 aliphatic rings. The fraction of sp³-hybridized carbons (Fsp3) is 0.385. The number of hydrogen-bond acceptors (Lipinski definition) is 3. The van der Waals surface area contributed by atoms with E-state index >= 15 is 0 Å². The molecule has 0 fully saturated rings. The van der Waals surface area contributed by atoms with Crippen molar-refractivity contribution in [1.82, 2.24) is 10.6 Å². The Morgan fingerprint density at radius 3 is 2.78 bits per heavy atom. The summed E-state index contributed by atoms with van der Waals surface area (Å²) in [6, 6.07) is 7.84. The van der Waals surface area contributed by atoms with Crippen LogP contribution in [0.25, 0.3) is 0 Å². The molecule has 96 valence electrons. The van der Waals surface area contributed by atoms with Crippen molar-refractivity contribution in [2.75, 3.05) is 6.54 Å². The number of nitrogens with one attached hydrogen (secondary N) is 2. The van der Waals surface area contributed by atoms with Gasteiger partial charge in [0.25, 0.3) is 0 Å². The molecule has 1 aromatic rings. The van der Waals surface area contributed by atoms with Crippen LogP contribution in [-0.4, -0.2) is 24.4 Å². The predicted molar refractivity (Wildman–Crippen MR) is 67.6 cm³/mol. The molecular formula is C13H17N3O2. The molecular weight excluding hydrogens is 230 g/mol. The van der Waals surface area contributed by atoms with Gasteiger partial charge in [0.1, 0.15) is 0 Å². The summed E-state index contributed by atoms with van der Waals surface area (Å²) >= 11 is 0. The second-order valence-electron chi connectivity index (χ2n) is 4.41. The van der Waals surface area contributed by atoms with E-state index in [-0.39, 0.29) is 18.4 Å². The summed E-state index contributed by atoms with van der Waals surface area (Å²) in [7, 11) is 0. The van der Waals surface area contributed by atoms with Gasteiger partial charge < -0.3 is 16.4 Å². The molecule has 0 spiro atoms. The molecule has 4 N–H and O–H groups in total. The SMILES string of the molecule is NC(=O)CCNC(=O)C1Cc2ccccc2CN1. The van der Waals surface area contributed by atoms with E-state index in [1.165, 1.54) is 11.1 Å². The van der Waals surface area contributed by atoms with Gasteiger partial charge in [-0.2, -0.15) is 0 Å². The van der Waals surface area contributed by atoms with Gasteiger partial charge in [0, 0.05) is 19.5 Å². The van der Waals surface area contributed by atoms with Gasteiger partial charge in [-0.15, -0.1) is 0 Å². The number of rotatable bonds is 4. The van der Waals surface area contributed by atoms with Crippen LogP contribution in [0.1, 0.15) is 17.5 Å². The summed E-state index contributed by atoms with van der Waals surface area (Å²) in [6.45, 7) is 0.998. The molecule has 1 atom stereocenters. The van der Waals surface area contributed by atoms with Crippen LogP contribution in [0.5, 0.6) is 0 Å². The van der Waals surface area contributed by atoms with Crippen LogP contribution in [0.3, 0.4) is 0 Å². The van der Waals surface area contributed by atoms with E-state index < -0.39 is 5.91 Å². The van der Waals surface area contributed by atoms with Crippen molar-refractivity contribution in [1.29, 1.82) is 0 Å². The molecule has 0 saturated carbocycles. The van der Waals surface area contributed by atoms with Gasteiger partial charge >= 0.3 is 0 Å². The van der Waals surface area contributed by atoms with Crippen LogP contribution >= 0.6 is 0 Å². The number of hydrogen-bond donors (Lipinski definition) is 3. The highest BCUT2D eigenvalue weighted by atomic mass is 16.2. The molecule has 0 aromatic heterocycles. The number of carbonyl (C=O) groups excluding carboxylic acids is 2. The van der Waals surface area contributed by atoms with E-state index in [0.29, 0.717) is 19.5 Å². The Labute approximate surface area is 106 Å². The molecule has 2 rings (SSSR count). The molecule has 18 heavy (non-hydrogen) atoms. The molecule has 5 heteroatoms. The summed E-state index contributed by atoms with van der Waals surface area (Å²) in [6.07, 6.45) is 0.855. The minimum absolute atomic E-state index is 0.0780. The highest BCUT2D eigenvalue weighted by molar-refractivity contribution is 5.83. The molecule has 1 aromatic carbocycles. The molecule has 0 aliphatic carbocycles. The zero-order chi connectivity index (χ0) is 13.0. The highest BCUT2D eigenvalue weighted by Gasteiger charge is 2.23. The minimum atomic E-state index is -0.405. The van der Waals surface area contributed by atoms with E-state index in [0.717, 1.165) is 0 Å². The maximum atomic E-state index is 11.9. The Bertz CT molecular complexity index is 459. The average Bonchev–Trinajstić information content (AvgIpc) is 2.37. The maximum Gasteiger partial charge on any atom is 0.237 e. The maximum absolute atomic E-state index is 11.9. The summed E-state index contributed by atoms with van der Waals surface area (Å²) < 4.78 is 0. The van der Waals surface area contributed by atoms with Crippen molar-refractivity contribution >= 4 is 11.8 Å². The van der Waals surface area contributed by atoms with Gasteiger partial charge in [0.05, 0.1) is 6.04 Å². The number of carbonyl (C=O) groups is 2. The Morgan fingerprint density at radius 2 is 2.06 bits per heavy atom. The molecule has 5 nitrogen and oxygen atoms in total. The summed E-state index contributed by atoms with van der Waals surface area (Å²) in [4.78, 5) is 22.4. The van der Waals surface area contributed by atoms with Gasteiger partial charge in [0.2, 0.25) is 11.8 Å². The van der Waals surface area contributed by atoms with Crippen LogP contribution in [0, 0.1) is 0 Å². The molecule has 1 unspecified atom stereocenters. The van der Waals surface area contributed by atoms with Gasteiger partial charge in [0.15, 0.2) is 0 Å². The lowest BCUT2D eigenvalue weighted by atomic mass is 9.95.